The molecule has 0 aliphatic carbocycles. The molecule has 0 unspecified atom stereocenters. The van der Waals surface area contributed by atoms with Crippen LogP contribution in [0, 0.1) is 23.4 Å². The summed E-state index contributed by atoms with van der Waals surface area (Å²) in [4.78, 5) is 29.8. The van der Waals surface area contributed by atoms with E-state index >= 15 is 0 Å². The standard InChI is InChI=1S/C18H23F3N4O3.HI/c1-3-22-18(25-8-6-11(7-9-25)17(27)28-2)23-10-14(26)24-13-5-4-12(19)15(20)16(13)21;/h4-5,11H,3,6-10H2,1-2H3,(H,22,23)(H,24,26);1H. The van der Waals surface area contributed by atoms with E-state index in [0.717, 1.165) is 12.1 Å². The molecule has 1 aromatic rings. The van der Waals surface area contributed by atoms with Crippen molar-refractivity contribution in [2.75, 3.05) is 38.6 Å². The molecule has 1 aromatic carbocycles. The highest BCUT2D eigenvalue weighted by atomic mass is 127. The molecule has 0 bridgehead atoms. The van der Waals surface area contributed by atoms with Crippen LogP contribution in [0.3, 0.4) is 0 Å². The molecule has 1 saturated heterocycles. The number of hydrogen-bond donors (Lipinski definition) is 2. The number of halogens is 4. The van der Waals surface area contributed by atoms with Crippen LogP contribution in [0.5, 0.6) is 0 Å². The Hall–Kier alpha value is -2.05. The van der Waals surface area contributed by atoms with Gasteiger partial charge in [-0.2, -0.15) is 0 Å². The third kappa shape index (κ3) is 6.75. The number of piperidine rings is 1. The lowest BCUT2D eigenvalue weighted by molar-refractivity contribution is -0.146. The Labute approximate surface area is 184 Å². The Balaban J connectivity index is 0.00000420. The van der Waals surface area contributed by atoms with Crippen LogP contribution in [0.15, 0.2) is 17.1 Å². The second kappa shape index (κ2) is 11.8. The maximum Gasteiger partial charge on any atom is 0.308 e. The van der Waals surface area contributed by atoms with Gasteiger partial charge in [0.25, 0.3) is 0 Å². The highest BCUT2D eigenvalue weighted by Gasteiger charge is 2.27. The van der Waals surface area contributed by atoms with E-state index in [9.17, 15) is 22.8 Å². The van der Waals surface area contributed by atoms with E-state index in [2.05, 4.69) is 15.6 Å². The first-order valence-corrected chi connectivity index (χ1v) is 8.91. The van der Waals surface area contributed by atoms with Gasteiger partial charge in [0.2, 0.25) is 5.91 Å². The van der Waals surface area contributed by atoms with Crippen LogP contribution in [-0.4, -0.2) is 56.0 Å². The molecule has 11 heteroatoms. The van der Waals surface area contributed by atoms with Crippen LogP contribution in [0.2, 0.25) is 0 Å². The Morgan fingerprint density at radius 1 is 1.21 bits per heavy atom. The van der Waals surface area contributed by atoms with Crippen molar-refractivity contribution in [1.82, 2.24) is 10.2 Å². The van der Waals surface area contributed by atoms with Gasteiger partial charge >= 0.3 is 5.97 Å². The van der Waals surface area contributed by atoms with Gasteiger partial charge in [-0.3, -0.25) is 9.59 Å². The second-order valence-electron chi connectivity index (χ2n) is 6.23. The van der Waals surface area contributed by atoms with Gasteiger partial charge in [-0.15, -0.1) is 24.0 Å². The summed E-state index contributed by atoms with van der Waals surface area (Å²) in [5.41, 5.74) is -0.456. The molecule has 1 fully saturated rings. The Morgan fingerprint density at radius 2 is 1.86 bits per heavy atom. The molecule has 2 N–H and O–H groups in total. The van der Waals surface area contributed by atoms with Crippen LogP contribution in [0.1, 0.15) is 19.8 Å². The highest BCUT2D eigenvalue weighted by Crippen LogP contribution is 2.20. The number of carbonyl (C=O) groups is 2. The van der Waals surface area contributed by atoms with E-state index in [1.807, 2.05) is 11.8 Å². The van der Waals surface area contributed by atoms with Crippen molar-refractivity contribution in [3.05, 3.63) is 29.6 Å². The van der Waals surface area contributed by atoms with Crippen molar-refractivity contribution in [3.8, 4) is 0 Å². The summed E-state index contributed by atoms with van der Waals surface area (Å²) in [6.45, 7) is 3.22. The molecule has 1 aliphatic heterocycles. The van der Waals surface area contributed by atoms with Crippen molar-refractivity contribution in [2.24, 2.45) is 10.9 Å². The highest BCUT2D eigenvalue weighted by molar-refractivity contribution is 14.0. The zero-order chi connectivity index (χ0) is 20.7. The zero-order valence-corrected chi connectivity index (χ0v) is 18.5. The minimum atomic E-state index is -1.65. The first kappa shape index (κ1) is 25.0. The molecule has 0 aromatic heterocycles. The number of hydrogen-bond acceptors (Lipinski definition) is 4. The molecule has 2 rings (SSSR count). The summed E-state index contributed by atoms with van der Waals surface area (Å²) in [6, 6.07) is 1.67. The average molecular weight is 528 g/mol. The summed E-state index contributed by atoms with van der Waals surface area (Å²) in [5, 5.41) is 5.23. The molecule has 7 nitrogen and oxygen atoms in total. The van der Waals surface area contributed by atoms with Crippen LogP contribution in [0.4, 0.5) is 18.9 Å². The predicted octanol–water partition coefficient (Wildman–Crippen LogP) is 2.51. The first-order chi connectivity index (χ1) is 13.4. The van der Waals surface area contributed by atoms with Gasteiger partial charge in [0.1, 0.15) is 6.54 Å². The minimum Gasteiger partial charge on any atom is -0.469 e. The summed E-state index contributed by atoms with van der Waals surface area (Å²) < 4.78 is 44.6. The van der Waals surface area contributed by atoms with Gasteiger partial charge in [-0.25, -0.2) is 18.2 Å². The van der Waals surface area contributed by atoms with Crippen LogP contribution in [-0.2, 0) is 14.3 Å². The van der Waals surface area contributed by atoms with Crippen molar-refractivity contribution in [3.63, 3.8) is 0 Å². The fraction of sp³-hybridized carbons (Fsp3) is 0.500. The smallest absolute Gasteiger partial charge is 0.308 e. The van der Waals surface area contributed by atoms with Gasteiger partial charge < -0.3 is 20.3 Å². The fourth-order valence-electron chi connectivity index (χ4n) is 2.88. The number of anilines is 1. The Bertz CT molecular complexity index is 756. The number of carbonyl (C=O) groups excluding carboxylic acids is 2. The third-order valence-corrected chi connectivity index (χ3v) is 4.35. The number of esters is 1. The summed E-state index contributed by atoms with van der Waals surface area (Å²) >= 11 is 0. The van der Waals surface area contributed by atoms with Crippen LogP contribution >= 0.6 is 24.0 Å². The van der Waals surface area contributed by atoms with Gasteiger partial charge in [0, 0.05) is 19.6 Å². The molecule has 162 valence electrons. The van der Waals surface area contributed by atoms with Gasteiger partial charge in [0.15, 0.2) is 23.4 Å². The largest absolute Gasteiger partial charge is 0.469 e. The maximum absolute atomic E-state index is 13.6. The van der Waals surface area contributed by atoms with E-state index in [4.69, 9.17) is 4.74 Å². The molecule has 0 atom stereocenters. The number of nitrogens with one attached hydrogen (secondary N) is 2. The van der Waals surface area contributed by atoms with E-state index in [0.29, 0.717) is 38.4 Å². The second-order valence-corrected chi connectivity index (χ2v) is 6.23. The Morgan fingerprint density at radius 3 is 2.45 bits per heavy atom. The number of rotatable bonds is 5. The normalized spacial score (nSPS) is 14.8. The quantitative estimate of drug-likeness (QED) is 0.202. The van der Waals surface area contributed by atoms with Gasteiger partial charge in [-0.1, -0.05) is 0 Å². The number of benzene rings is 1. The minimum absolute atomic E-state index is 0. The average Bonchev–Trinajstić information content (AvgIpc) is 2.71. The number of ether oxygens (including phenoxy) is 1. The monoisotopic (exact) mass is 528 g/mol. The number of guanidine groups is 1. The lowest BCUT2D eigenvalue weighted by Gasteiger charge is -2.33. The van der Waals surface area contributed by atoms with Crippen molar-refractivity contribution in [1.29, 1.82) is 0 Å². The SMILES string of the molecule is CCNC(=NCC(=O)Nc1ccc(F)c(F)c1F)N1CCC(C(=O)OC)CC1.I. The van der Waals surface area contributed by atoms with Gasteiger partial charge in [0.05, 0.1) is 18.7 Å². The molecular weight excluding hydrogens is 504 g/mol. The predicted molar refractivity (Wildman–Crippen MR) is 113 cm³/mol. The number of likely N-dealkylation sites (tertiary alicyclic amines) is 1. The van der Waals surface area contributed by atoms with Crippen LogP contribution < -0.4 is 10.6 Å². The van der Waals surface area contributed by atoms with Crippen LogP contribution in [0.25, 0.3) is 0 Å². The molecule has 0 saturated carbocycles. The number of methoxy groups -OCH3 is 1. The Kier molecular flexibility index (Phi) is 10.2. The number of amides is 1. The fourth-order valence-corrected chi connectivity index (χ4v) is 2.88. The zero-order valence-electron chi connectivity index (χ0n) is 16.1. The lowest BCUT2D eigenvalue weighted by Crippen LogP contribution is -2.47. The number of nitrogens with zero attached hydrogens (tertiary/aromatic N) is 2. The summed E-state index contributed by atoms with van der Waals surface area (Å²) in [5.74, 6) is -5.05. The van der Waals surface area contributed by atoms with Crippen molar-refractivity contribution < 1.29 is 27.5 Å². The summed E-state index contributed by atoms with van der Waals surface area (Å²) in [6.07, 6.45) is 1.20. The molecular formula is C18H24F3IN4O3. The lowest BCUT2D eigenvalue weighted by atomic mass is 9.97. The van der Waals surface area contributed by atoms with E-state index in [1.165, 1.54) is 7.11 Å². The topological polar surface area (TPSA) is 83.0 Å². The van der Waals surface area contributed by atoms with Crippen molar-refractivity contribution >= 4 is 47.5 Å². The van der Waals surface area contributed by atoms with Crippen molar-refractivity contribution in [2.45, 2.75) is 19.8 Å². The molecule has 0 radical (unpaired) electrons. The first-order valence-electron chi connectivity index (χ1n) is 8.91. The summed E-state index contributed by atoms with van der Waals surface area (Å²) in [7, 11) is 1.36. The van der Waals surface area contributed by atoms with Gasteiger partial charge in [-0.05, 0) is 31.9 Å². The maximum atomic E-state index is 13.6. The number of aliphatic imine (C=N–C) groups is 1. The molecule has 29 heavy (non-hydrogen) atoms. The molecule has 0 spiro atoms. The molecule has 1 aliphatic rings. The van der Waals surface area contributed by atoms with E-state index in [-0.39, 0.29) is 42.4 Å². The van der Waals surface area contributed by atoms with E-state index < -0.39 is 29.0 Å². The third-order valence-electron chi connectivity index (χ3n) is 4.35. The molecule has 1 amide bonds. The van der Waals surface area contributed by atoms with E-state index in [1.54, 1.807) is 0 Å². The molecule has 1 heterocycles.